The number of rotatable bonds is 8. The lowest BCUT2D eigenvalue weighted by atomic mass is 9.91. The Kier molecular flexibility index (Phi) is 8.76. The van der Waals surface area contributed by atoms with Gasteiger partial charge in [0.2, 0.25) is 10.0 Å². The number of carbonyl (C=O) groups excluding carboxylic acids is 1. The van der Waals surface area contributed by atoms with E-state index in [2.05, 4.69) is 33.4 Å². The third kappa shape index (κ3) is 6.44. The van der Waals surface area contributed by atoms with Crippen LogP contribution in [0.5, 0.6) is 0 Å². The van der Waals surface area contributed by atoms with Gasteiger partial charge >= 0.3 is 0 Å². The molecule has 1 aliphatic heterocycles. The van der Waals surface area contributed by atoms with Crippen LogP contribution in [-0.4, -0.2) is 43.4 Å². The maximum absolute atomic E-state index is 13.5. The van der Waals surface area contributed by atoms with Crippen molar-refractivity contribution in [2.24, 2.45) is 5.92 Å². The van der Waals surface area contributed by atoms with Crippen molar-refractivity contribution >= 4 is 43.5 Å². The van der Waals surface area contributed by atoms with Crippen molar-refractivity contribution in [1.29, 1.82) is 0 Å². The number of halogens is 2. The van der Waals surface area contributed by atoms with Crippen LogP contribution in [0.3, 0.4) is 0 Å². The largest absolute Gasteiger partial charge is 0.394 e. The minimum absolute atomic E-state index is 0.0693. The van der Waals surface area contributed by atoms with Gasteiger partial charge in [-0.1, -0.05) is 70.0 Å². The average molecular weight is 606 g/mol. The van der Waals surface area contributed by atoms with Gasteiger partial charge in [-0.2, -0.15) is 4.31 Å². The van der Waals surface area contributed by atoms with Gasteiger partial charge in [0.25, 0.3) is 5.91 Å². The van der Waals surface area contributed by atoms with Crippen LogP contribution in [0.1, 0.15) is 41.3 Å². The molecule has 2 N–H and O–H groups in total. The number of aliphatic hydroxyl groups excluding tert-OH is 1. The van der Waals surface area contributed by atoms with E-state index in [1.165, 1.54) is 28.1 Å². The lowest BCUT2D eigenvalue weighted by Gasteiger charge is -2.32. The molecule has 1 aliphatic rings. The van der Waals surface area contributed by atoms with Crippen LogP contribution in [0, 0.1) is 5.92 Å². The zero-order valence-electron chi connectivity index (χ0n) is 20.5. The number of nitrogens with one attached hydrogen (secondary N) is 1. The first kappa shape index (κ1) is 27.8. The van der Waals surface area contributed by atoms with Gasteiger partial charge in [0.15, 0.2) is 0 Å². The summed E-state index contributed by atoms with van der Waals surface area (Å²) in [6, 6.07) is 21.7. The first-order valence-electron chi connectivity index (χ1n) is 12.2. The molecule has 0 bridgehead atoms. The topological polar surface area (TPSA) is 86.7 Å². The summed E-state index contributed by atoms with van der Waals surface area (Å²) in [5.74, 6) is -0.0955. The van der Waals surface area contributed by atoms with E-state index >= 15 is 0 Å². The zero-order valence-corrected chi connectivity index (χ0v) is 23.7. The summed E-state index contributed by atoms with van der Waals surface area (Å²) in [4.78, 5) is 13.1. The molecular weight excluding hydrogens is 576 g/mol. The summed E-state index contributed by atoms with van der Waals surface area (Å²) in [6.45, 7) is 2.17. The van der Waals surface area contributed by atoms with Crippen LogP contribution >= 0.6 is 27.5 Å². The maximum atomic E-state index is 13.5. The summed E-state index contributed by atoms with van der Waals surface area (Å²) in [6.07, 6.45) is 2.44. The second-order valence-corrected chi connectivity index (χ2v) is 12.9. The third-order valence-electron chi connectivity index (χ3n) is 6.92. The molecule has 3 aromatic carbocycles. The molecule has 37 heavy (non-hydrogen) atoms. The van der Waals surface area contributed by atoms with Gasteiger partial charge in [-0.15, -0.1) is 0 Å². The number of aliphatic hydroxyl groups is 1. The predicted octanol–water partition coefficient (Wildman–Crippen LogP) is 5.38. The molecule has 0 saturated carbocycles. The summed E-state index contributed by atoms with van der Waals surface area (Å²) < 4.78 is 29.3. The summed E-state index contributed by atoms with van der Waals surface area (Å²) in [7, 11) is -3.89. The number of hydrogen-bond donors (Lipinski definition) is 2. The van der Waals surface area contributed by atoms with Crippen LogP contribution in [0.15, 0.2) is 82.2 Å². The van der Waals surface area contributed by atoms with E-state index in [4.69, 9.17) is 11.6 Å². The van der Waals surface area contributed by atoms with E-state index in [0.29, 0.717) is 24.6 Å². The van der Waals surface area contributed by atoms with Gasteiger partial charge < -0.3 is 10.4 Å². The van der Waals surface area contributed by atoms with Crippen molar-refractivity contribution in [1.82, 2.24) is 9.62 Å². The molecule has 0 aliphatic carbocycles. The highest BCUT2D eigenvalue weighted by Gasteiger charge is 2.33. The molecule has 0 aromatic heterocycles. The molecular formula is C28H30BrClN2O4S. The lowest BCUT2D eigenvalue weighted by molar-refractivity contribution is 0.0849. The lowest BCUT2D eigenvalue weighted by Crippen LogP contribution is -2.46. The minimum atomic E-state index is -3.89. The number of piperidine rings is 1. The van der Waals surface area contributed by atoms with Gasteiger partial charge in [-0.05, 0) is 73.6 Å². The monoisotopic (exact) mass is 604 g/mol. The predicted molar refractivity (Wildman–Crippen MR) is 149 cm³/mol. The van der Waals surface area contributed by atoms with Crippen LogP contribution < -0.4 is 5.32 Å². The van der Waals surface area contributed by atoms with Crippen LogP contribution in [-0.2, 0) is 22.0 Å². The van der Waals surface area contributed by atoms with Crippen molar-refractivity contribution in [2.75, 3.05) is 19.7 Å². The average Bonchev–Trinajstić information content (AvgIpc) is 2.89. The normalized spacial score (nSPS) is 16.8. The van der Waals surface area contributed by atoms with E-state index in [1.807, 2.05) is 36.4 Å². The van der Waals surface area contributed by atoms with Crippen LogP contribution in [0.25, 0.3) is 0 Å². The third-order valence-corrected chi connectivity index (χ3v) is 9.79. The fraction of sp³-hybridized carbons (Fsp3) is 0.321. The Hall–Kier alpha value is -2.23. The molecule has 1 unspecified atom stereocenters. The Balaban J connectivity index is 1.49. The molecule has 1 fully saturated rings. The molecule has 9 heteroatoms. The Labute approximate surface area is 231 Å². The van der Waals surface area contributed by atoms with Gasteiger partial charge in [-0.25, -0.2) is 8.42 Å². The second kappa shape index (κ2) is 11.7. The van der Waals surface area contributed by atoms with Gasteiger partial charge in [0.1, 0.15) is 4.90 Å². The molecule has 1 saturated heterocycles. The molecule has 4 rings (SSSR count). The molecule has 0 radical (unpaired) electrons. The standard InChI is InChI=1S/C28H30BrClN2O4S/c1-28(19-33,23-8-5-9-24(29)18-23)31-27(34)22-10-11-25(30)26(17-22)37(35,36)32-14-12-21(13-15-32)16-20-6-3-2-4-7-20/h2-11,17-18,21,33H,12-16,19H2,1H3,(H,31,34). The Bertz CT molecular complexity index is 1360. The molecule has 1 amide bonds. The number of benzene rings is 3. The van der Waals surface area contributed by atoms with Crippen molar-refractivity contribution in [3.05, 3.63) is 99.0 Å². The fourth-order valence-electron chi connectivity index (χ4n) is 4.64. The fourth-order valence-corrected chi connectivity index (χ4v) is 7.01. The molecule has 196 valence electrons. The quantitative estimate of drug-likeness (QED) is 0.361. The molecule has 1 atom stereocenters. The van der Waals surface area contributed by atoms with Crippen molar-refractivity contribution in [3.63, 3.8) is 0 Å². The number of sulfonamides is 1. The maximum Gasteiger partial charge on any atom is 0.252 e. The van der Waals surface area contributed by atoms with Gasteiger partial charge in [0.05, 0.1) is 17.2 Å². The second-order valence-electron chi connectivity index (χ2n) is 9.64. The molecule has 1 heterocycles. The van der Waals surface area contributed by atoms with Gasteiger partial charge in [0, 0.05) is 23.1 Å². The number of hydrogen-bond acceptors (Lipinski definition) is 4. The zero-order chi connectivity index (χ0) is 26.6. The minimum Gasteiger partial charge on any atom is -0.394 e. The molecule has 0 spiro atoms. The first-order chi connectivity index (χ1) is 17.6. The van der Waals surface area contributed by atoms with E-state index < -0.39 is 21.5 Å². The highest BCUT2D eigenvalue weighted by atomic mass is 79.9. The Morgan fingerprint density at radius 1 is 1.08 bits per heavy atom. The van der Waals surface area contributed by atoms with Crippen LogP contribution in [0.4, 0.5) is 0 Å². The van der Waals surface area contributed by atoms with E-state index in [-0.39, 0.29) is 22.1 Å². The summed E-state index contributed by atoms with van der Waals surface area (Å²) >= 11 is 9.74. The first-order valence-corrected chi connectivity index (χ1v) is 14.8. The van der Waals surface area contributed by atoms with Crippen LogP contribution in [0.2, 0.25) is 5.02 Å². The van der Waals surface area contributed by atoms with Crippen molar-refractivity contribution in [3.8, 4) is 0 Å². The number of amides is 1. The molecule has 3 aromatic rings. The highest BCUT2D eigenvalue weighted by Crippen LogP contribution is 2.31. The Morgan fingerprint density at radius 3 is 2.43 bits per heavy atom. The number of nitrogens with zero attached hydrogens (tertiary/aromatic N) is 1. The smallest absolute Gasteiger partial charge is 0.252 e. The van der Waals surface area contributed by atoms with E-state index in [1.54, 1.807) is 13.0 Å². The summed E-state index contributed by atoms with van der Waals surface area (Å²) in [5.41, 5.74) is 1.04. The van der Waals surface area contributed by atoms with Crippen molar-refractivity contribution in [2.45, 2.75) is 36.6 Å². The van der Waals surface area contributed by atoms with Gasteiger partial charge in [-0.3, -0.25) is 4.79 Å². The highest BCUT2D eigenvalue weighted by molar-refractivity contribution is 9.10. The van der Waals surface area contributed by atoms with E-state index in [9.17, 15) is 18.3 Å². The molecule has 6 nitrogen and oxygen atoms in total. The SMILES string of the molecule is CC(CO)(NC(=O)c1ccc(Cl)c(S(=O)(=O)N2CCC(Cc3ccccc3)CC2)c1)c1cccc(Br)c1. The van der Waals surface area contributed by atoms with Crippen molar-refractivity contribution < 1.29 is 18.3 Å². The summed E-state index contributed by atoms with van der Waals surface area (Å²) in [5, 5.41) is 13.0. The Morgan fingerprint density at radius 2 is 1.78 bits per heavy atom. The number of carbonyl (C=O) groups is 1. The van der Waals surface area contributed by atoms with E-state index in [0.717, 1.165) is 23.7 Å².